The maximum atomic E-state index is 13.3. The molecule has 0 spiro atoms. The van der Waals surface area contributed by atoms with E-state index in [0.717, 1.165) is 33.9 Å². The first-order valence-electron chi connectivity index (χ1n) is 11.5. The number of ether oxygens (including phenoxy) is 1. The van der Waals surface area contributed by atoms with E-state index in [0.29, 0.717) is 13.0 Å². The largest absolute Gasteiger partial charge is 0.478 e. The van der Waals surface area contributed by atoms with Crippen molar-refractivity contribution in [2.75, 3.05) is 0 Å². The van der Waals surface area contributed by atoms with Crippen molar-refractivity contribution >= 4 is 18.0 Å². The summed E-state index contributed by atoms with van der Waals surface area (Å²) in [6.45, 7) is 6.10. The lowest BCUT2D eigenvalue weighted by Gasteiger charge is -2.25. The quantitative estimate of drug-likeness (QED) is 0.366. The van der Waals surface area contributed by atoms with E-state index in [1.54, 1.807) is 18.5 Å². The third kappa shape index (κ3) is 6.00. The second-order valence-electron chi connectivity index (χ2n) is 9.75. The van der Waals surface area contributed by atoms with Gasteiger partial charge < -0.3 is 9.84 Å². The summed E-state index contributed by atoms with van der Waals surface area (Å²) in [4.78, 5) is 32.1. The number of nitrogens with one attached hydrogen (secondary N) is 1. The van der Waals surface area contributed by atoms with Crippen molar-refractivity contribution in [2.24, 2.45) is 0 Å². The van der Waals surface area contributed by atoms with E-state index >= 15 is 0 Å². The maximum Gasteiger partial charge on any atom is 0.328 e. The number of carboxylic acids is 1. The summed E-state index contributed by atoms with van der Waals surface area (Å²) in [6.07, 6.45) is 8.35. The Kier molecular flexibility index (Phi) is 6.80. The van der Waals surface area contributed by atoms with Gasteiger partial charge in [0.1, 0.15) is 17.5 Å². The van der Waals surface area contributed by atoms with Gasteiger partial charge in [-0.25, -0.2) is 14.8 Å². The molecule has 1 saturated carbocycles. The van der Waals surface area contributed by atoms with Crippen LogP contribution < -0.4 is 5.32 Å². The fourth-order valence-corrected chi connectivity index (χ4v) is 4.06. The number of carbonyl (C=O) groups is 2. The van der Waals surface area contributed by atoms with Crippen LogP contribution in [0.25, 0.3) is 17.2 Å². The molecule has 2 N–H and O–H groups in total. The molecule has 180 valence electrons. The molecule has 1 fully saturated rings. The number of carboxylic acid groups (broad SMARTS) is 1. The SMILES string of the molecule is CC(C)(C)OC(=O)C1(NCc2ccc(/C=C/C(=O)O)cc2)CC1c1ccc(-c2cncnc2)cc1. The average molecular weight is 472 g/mol. The zero-order chi connectivity index (χ0) is 25.1. The smallest absolute Gasteiger partial charge is 0.328 e. The molecule has 2 atom stereocenters. The Balaban J connectivity index is 1.50. The van der Waals surface area contributed by atoms with Crippen LogP contribution in [0.4, 0.5) is 0 Å². The third-order valence-corrected chi connectivity index (χ3v) is 5.94. The van der Waals surface area contributed by atoms with Crippen molar-refractivity contribution in [3.05, 3.63) is 90.0 Å². The van der Waals surface area contributed by atoms with Gasteiger partial charge in [0.25, 0.3) is 0 Å². The number of aromatic nitrogens is 2. The molecule has 1 aliphatic rings. The zero-order valence-corrected chi connectivity index (χ0v) is 20.1. The summed E-state index contributed by atoms with van der Waals surface area (Å²) in [6, 6.07) is 15.7. The molecule has 35 heavy (non-hydrogen) atoms. The van der Waals surface area contributed by atoms with Crippen LogP contribution in [0.15, 0.2) is 73.3 Å². The van der Waals surface area contributed by atoms with Crippen LogP contribution in [-0.4, -0.2) is 38.2 Å². The minimum Gasteiger partial charge on any atom is -0.478 e. The van der Waals surface area contributed by atoms with Crippen molar-refractivity contribution in [3.8, 4) is 11.1 Å². The number of nitrogens with zero attached hydrogens (tertiary/aromatic N) is 2. The average Bonchev–Trinajstić information content (AvgIpc) is 3.58. The molecule has 0 amide bonds. The summed E-state index contributed by atoms with van der Waals surface area (Å²) in [5, 5.41) is 12.3. The van der Waals surface area contributed by atoms with E-state index in [4.69, 9.17) is 9.84 Å². The summed E-state index contributed by atoms with van der Waals surface area (Å²) < 4.78 is 5.79. The number of benzene rings is 2. The molecule has 0 aliphatic heterocycles. The van der Waals surface area contributed by atoms with Crippen LogP contribution in [0.2, 0.25) is 0 Å². The number of carbonyl (C=O) groups excluding carboxylic acids is 1. The zero-order valence-electron chi connectivity index (χ0n) is 20.1. The van der Waals surface area contributed by atoms with Gasteiger partial charge in [0.2, 0.25) is 0 Å². The second kappa shape index (κ2) is 9.80. The van der Waals surface area contributed by atoms with Gasteiger partial charge in [-0.15, -0.1) is 0 Å². The third-order valence-electron chi connectivity index (χ3n) is 5.94. The Morgan fingerprint density at radius 1 is 1.06 bits per heavy atom. The lowest BCUT2D eigenvalue weighted by Crippen LogP contribution is -2.44. The fourth-order valence-electron chi connectivity index (χ4n) is 4.06. The molecule has 0 saturated heterocycles. The number of esters is 1. The first kappa shape index (κ1) is 24.3. The Hall–Kier alpha value is -3.84. The van der Waals surface area contributed by atoms with Gasteiger partial charge in [0.15, 0.2) is 0 Å². The molecule has 0 radical (unpaired) electrons. The van der Waals surface area contributed by atoms with Gasteiger partial charge >= 0.3 is 11.9 Å². The Morgan fingerprint density at radius 3 is 2.31 bits per heavy atom. The van der Waals surface area contributed by atoms with Crippen LogP contribution in [0.3, 0.4) is 0 Å². The summed E-state index contributed by atoms with van der Waals surface area (Å²) in [7, 11) is 0. The molecule has 2 aromatic carbocycles. The number of hydrogen-bond acceptors (Lipinski definition) is 6. The van der Waals surface area contributed by atoms with Crippen LogP contribution in [-0.2, 0) is 20.9 Å². The number of rotatable bonds is 8. The highest BCUT2D eigenvalue weighted by Crippen LogP contribution is 2.53. The normalized spacial score (nSPS) is 19.5. The number of hydrogen-bond donors (Lipinski definition) is 2. The van der Waals surface area contributed by atoms with Crippen LogP contribution in [0, 0.1) is 0 Å². The standard InChI is InChI=1S/C28H29N3O4/c1-27(2,3)35-26(34)28(31-15-20-6-4-19(5-7-20)8-13-25(32)33)14-24(28)22-11-9-21(10-12-22)23-16-29-18-30-17-23/h4-13,16-18,24,31H,14-15H2,1-3H3,(H,32,33)/b13-8+. The maximum absolute atomic E-state index is 13.3. The fraction of sp³-hybridized carbons (Fsp3) is 0.286. The lowest BCUT2D eigenvalue weighted by molar-refractivity contribution is -0.159. The van der Waals surface area contributed by atoms with E-state index in [9.17, 15) is 9.59 Å². The van der Waals surface area contributed by atoms with E-state index in [2.05, 4.69) is 15.3 Å². The van der Waals surface area contributed by atoms with Crippen molar-refractivity contribution in [1.82, 2.24) is 15.3 Å². The van der Waals surface area contributed by atoms with E-state index < -0.39 is 17.1 Å². The summed E-state index contributed by atoms with van der Waals surface area (Å²) >= 11 is 0. The van der Waals surface area contributed by atoms with Crippen molar-refractivity contribution in [1.29, 1.82) is 0 Å². The monoisotopic (exact) mass is 471 g/mol. The van der Waals surface area contributed by atoms with Gasteiger partial charge in [-0.05, 0) is 55.5 Å². The molecule has 4 rings (SSSR count). The van der Waals surface area contributed by atoms with Gasteiger partial charge in [-0.1, -0.05) is 48.5 Å². The van der Waals surface area contributed by atoms with Crippen LogP contribution >= 0.6 is 0 Å². The highest BCUT2D eigenvalue weighted by atomic mass is 16.6. The van der Waals surface area contributed by atoms with Crippen molar-refractivity contribution in [3.63, 3.8) is 0 Å². The van der Waals surface area contributed by atoms with Gasteiger partial charge in [-0.3, -0.25) is 10.1 Å². The highest BCUT2D eigenvalue weighted by molar-refractivity contribution is 5.87. The first-order valence-corrected chi connectivity index (χ1v) is 11.5. The Labute approximate surface area is 204 Å². The predicted octanol–water partition coefficient (Wildman–Crippen LogP) is 4.60. The summed E-state index contributed by atoms with van der Waals surface area (Å²) in [5.74, 6) is -1.24. The minimum absolute atomic E-state index is 0.00352. The minimum atomic E-state index is -0.986. The Morgan fingerprint density at radius 2 is 1.71 bits per heavy atom. The van der Waals surface area contributed by atoms with E-state index in [1.807, 2.05) is 69.3 Å². The lowest BCUT2D eigenvalue weighted by atomic mass is 10.0. The van der Waals surface area contributed by atoms with Gasteiger partial charge in [0, 0.05) is 36.5 Å². The molecule has 7 heteroatoms. The molecule has 1 aliphatic carbocycles. The van der Waals surface area contributed by atoms with E-state index in [1.165, 1.54) is 6.33 Å². The van der Waals surface area contributed by atoms with Gasteiger partial charge in [0.05, 0.1) is 0 Å². The van der Waals surface area contributed by atoms with Crippen LogP contribution in [0.1, 0.15) is 49.8 Å². The highest BCUT2D eigenvalue weighted by Gasteiger charge is 2.62. The number of aliphatic carboxylic acids is 1. The van der Waals surface area contributed by atoms with Crippen molar-refractivity contribution < 1.29 is 19.4 Å². The molecule has 1 aromatic heterocycles. The molecule has 2 unspecified atom stereocenters. The molecule has 0 bridgehead atoms. The van der Waals surface area contributed by atoms with Gasteiger partial charge in [-0.2, -0.15) is 0 Å². The van der Waals surface area contributed by atoms with E-state index in [-0.39, 0.29) is 11.9 Å². The molecule has 3 aromatic rings. The van der Waals surface area contributed by atoms with Crippen molar-refractivity contribution in [2.45, 2.75) is 50.8 Å². The predicted molar refractivity (Wildman–Crippen MR) is 133 cm³/mol. The summed E-state index contributed by atoms with van der Waals surface area (Å²) in [5.41, 5.74) is 3.42. The first-order chi connectivity index (χ1) is 16.7. The molecular weight excluding hydrogens is 442 g/mol. The Bertz CT molecular complexity index is 1220. The topological polar surface area (TPSA) is 101 Å². The molecule has 7 nitrogen and oxygen atoms in total. The molecular formula is C28H29N3O4. The second-order valence-corrected chi connectivity index (χ2v) is 9.75. The molecule has 1 heterocycles. The van der Waals surface area contributed by atoms with Crippen LogP contribution in [0.5, 0.6) is 0 Å².